The summed E-state index contributed by atoms with van der Waals surface area (Å²) in [5.41, 5.74) is 21.6. The molecule has 7 N–H and O–H groups in total. The van der Waals surface area contributed by atoms with Crippen molar-refractivity contribution in [3.63, 3.8) is 0 Å². The Labute approximate surface area is 533 Å². The van der Waals surface area contributed by atoms with Crippen molar-refractivity contribution >= 4 is 74.2 Å². The zero-order chi connectivity index (χ0) is 63.1. The third-order valence-electron chi connectivity index (χ3n) is 18.4. The molecule has 24 heteroatoms. The molecule has 8 aromatic rings. The first-order chi connectivity index (χ1) is 42.1. The second kappa shape index (κ2) is 25.3. The fraction of sp³-hybridized carbons (Fsp3) is 0.621. The molecule has 14 rings (SSSR count). The van der Waals surface area contributed by atoms with Crippen LogP contribution in [0, 0.1) is 11.8 Å². The Morgan fingerprint density at radius 1 is 0.644 bits per heavy atom. The van der Waals surface area contributed by atoms with Gasteiger partial charge in [0.1, 0.15) is 77.7 Å². The number of aryl methyl sites for hydroxylation is 2. The highest BCUT2D eigenvalue weighted by Gasteiger charge is 2.58. The number of nitrogen functional groups attached to an aromatic ring is 2. The van der Waals surface area contributed by atoms with Crippen LogP contribution in [-0.2, 0) is 56.9 Å². The van der Waals surface area contributed by atoms with E-state index in [1.807, 2.05) is 36.8 Å². The number of hydrogen-bond donors (Lipinski definition) is 5. The predicted octanol–water partition coefficient (Wildman–Crippen LogP) is 10.1. The lowest BCUT2D eigenvalue weighted by Gasteiger charge is -2.46. The number of rotatable bonds is 15. The van der Waals surface area contributed by atoms with E-state index >= 15 is 0 Å². The van der Waals surface area contributed by atoms with Gasteiger partial charge in [0.15, 0.2) is 47.0 Å². The Kier molecular flexibility index (Phi) is 18.3. The summed E-state index contributed by atoms with van der Waals surface area (Å²) in [7, 11) is 0. The smallest absolute Gasteiger partial charge is 0.167 e. The van der Waals surface area contributed by atoms with Crippen LogP contribution in [0.4, 0.5) is 11.6 Å². The van der Waals surface area contributed by atoms with Gasteiger partial charge in [-0.3, -0.25) is 18.8 Å². The quantitative estimate of drug-likeness (QED) is 0.0638. The first-order valence-electron chi connectivity index (χ1n) is 32.0. The van der Waals surface area contributed by atoms with Crippen molar-refractivity contribution < 1.29 is 33.2 Å². The molecule has 4 unspecified atom stereocenters. The SMILES string of the molecule is CC(C)(C)c1ccc2nc(CCC3CC(=O)C3)[nH]c2c1.CC(C)N(C[C@H]1OC(n2cnc3c(N)ncnc32)C2OC(C)(C)O[C@@H]21)C1CC(CCc2nc3ccc(C(C)(C)C)cc3[nH]2)C1.CC(C)NC[C@H]1OC(n2cnc3c(N)ncnc32)C2OC(C)(C)O[C@@H]21.Cl. The van der Waals surface area contributed by atoms with Crippen LogP contribution < -0.4 is 16.8 Å². The van der Waals surface area contributed by atoms with Gasteiger partial charge in [-0.1, -0.05) is 67.5 Å². The van der Waals surface area contributed by atoms with Gasteiger partial charge < -0.3 is 55.2 Å². The zero-order valence-electron chi connectivity index (χ0n) is 54.7. The number of hydrogen-bond acceptors (Lipinski definition) is 19. The van der Waals surface area contributed by atoms with Crippen molar-refractivity contribution in [1.29, 1.82) is 0 Å². The summed E-state index contributed by atoms with van der Waals surface area (Å²) in [6.45, 7) is 31.4. The fourth-order valence-corrected chi connectivity index (χ4v) is 13.5. The molecule has 4 aliphatic heterocycles. The molecule has 486 valence electrons. The Morgan fingerprint density at radius 2 is 1.10 bits per heavy atom. The summed E-state index contributed by atoms with van der Waals surface area (Å²) in [5, 5.41) is 3.41. The summed E-state index contributed by atoms with van der Waals surface area (Å²) in [5.74, 6) is 3.17. The zero-order valence-corrected chi connectivity index (χ0v) is 55.5. The molecule has 2 aromatic carbocycles. The minimum Gasteiger partial charge on any atom is -0.382 e. The largest absolute Gasteiger partial charge is 0.382 e. The second-order valence-corrected chi connectivity index (χ2v) is 29.0. The highest BCUT2D eigenvalue weighted by atomic mass is 35.5. The Balaban J connectivity index is 0.000000153. The number of fused-ring (bicyclic) bond motifs is 6. The number of imidazole rings is 4. The number of nitrogens with zero attached hydrogens (tertiary/aromatic N) is 11. The summed E-state index contributed by atoms with van der Waals surface area (Å²) in [6.07, 6.45) is 12.3. The van der Waals surface area contributed by atoms with Gasteiger partial charge in [0.25, 0.3) is 0 Å². The number of ketones is 1. The molecule has 0 bridgehead atoms. The van der Waals surface area contributed by atoms with E-state index in [4.69, 9.17) is 44.9 Å². The number of carbonyl (C=O) groups excluding carboxylic acids is 1. The van der Waals surface area contributed by atoms with Crippen molar-refractivity contribution in [3.05, 3.63) is 84.5 Å². The lowest BCUT2D eigenvalue weighted by Crippen LogP contribution is -2.52. The lowest BCUT2D eigenvalue weighted by molar-refractivity contribution is -0.199. The number of ether oxygens (including phenoxy) is 6. The van der Waals surface area contributed by atoms with Crippen LogP contribution in [-0.4, -0.2) is 149 Å². The molecule has 6 aliphatic rings. The Bertz CT molecular complexity index is 3810. The number of halogens is 1. The third-order valence-corrected chi connectivity index (χ3v) is 18.4. The molecule has 6 aromatic heterocycles. The third kappa shape index (κ3) is 13.8. The summed E-state index contributed by atoms with van der Waals surface area (Å²) >= 11 is 0. The highest BCUT2D eigenvalue weighted by Crippen LogP contribution is 2.47. The molecule has 6 fully saturated rings. The molecule has 8 atom stereocenters. The Hall–Kier alpha value is -6.28. The van der Waals surface area contributed by atoms with Gasteiger partial charge in [-0.15, -0.1) is 12.4 Å². The van der Waals surface area contributed by atoms with Crippen molar-refractivity contribution in [2.24, 2.45) is 11.8 Å². The van der Waals surface area contributed by atoms with E-state index in [9.17, 15) is 4.79 Å². The van der Waals surface area contributed by atoms with Crippen LogP contribution in [0.2, 0.25) is 0 Å². The standard InChI is InChI=1S/C33H46N8O3.C17H22N2O.C16H24N6O3.ClH/c1-18(2)40(21-12-19(13-21)8-11-25-38-22-10-9-20(32(3,4)5)14-23(22)39-25)15-24-27-28(44-33(6,7)43-27)31(42-24)41-17-37-26-29(34)35-16-36-30(26)41;1-17(2,3)12-5-6-14-15(10-12)19-16(18-14)7-4-11-8-13(20)9-11;1-8(2)18-5-9-11-12(25-16(3,4)24-11)15(23-9)22-7-21-10-13(17)19-6-20-14(10)22;/h9-10,14,16-19,21,24,27-28,31H,8,11-13,15H2,1-7H3,(H,38,39)(H2,34,35,36);5-6,10-11H,4,7-9H2,1-3H3,(H,18,19);6-9,11-12,15,18H,5H2,1-4H3,(H2,17,19,20);1H/t19?,21?,24-,27-,28?,31?;;9-,11-,12?,15?;/m1.1./s1. The number of aromatic amines is 2. The van der Waals surface area contributed by atoms with Crippen molar-refractivity contribution in [2.75, 3.05) is 24.6 Å². The van der Waals surface area contributed by atoms with E-state index in [0.717, 1.165) is 78.8 Å². The van der Waals surface area contributed by atoms with E-state index in [-0.39, 0.29) is 66.1 Å². The molecule has 0 amide bonds. The summed E-state index contributed by atoms with van der Waals surface area (Å²) < 4.78 is 41.8. The van der Waals surface area contributed by atoms with Gasteiger partial charge in [-0.05, 0) is 125 Å². The Morgan fingerprint density at radius 3 is 1.56 bits per heavy atom. The number of Topliss-reactive ketones (excluding diaryl/α,β-unsaturated/α-hetero) is 1. The van der Waals surface area contributed by atoms with Crippen LogP contribution >= 0.6 is 12.4 Å². The molecule has 2 saturated carbocycles. The van der Waals surface area contributed by atoms with Gasteiger partial charge in [0.2, 0.25) is 0 Å². The number of aromatic nitrogens is 12. The van der Waals surface area contributed by atoms with Crippen LogP contribution in [0.15, 0.2) is 61.7 Å². The van der Waals surface area contributed by atoms with Gasteiger partial charge in [-0.25, -0.2) is 39.9 Å². The molecule has 23 nitrogen and oxygen atoms in total. The molecule has 4 saturated heterocycles. The fourth-order valence-electron chi connectivity index (χ4n) is 13.5. The van der Waals surface area contributed by atoms with E-state index in [1.54, 1.807) is 12.7 Å². The lowest BCUT2D eigenvalue weighted by atomic mass is 9.76. The van der Waals surface area contributed by atoms with Crippen LogP contribution in [0.1, 0.15) is 171 Å². The topological polar surface area (TPSA) is 284 Å². The van der Waals surface area contributed by atoms with Crippen LogP contribution in [0.5, 0.6) is 0 Å². The molecule has 10 heterocycles. The van der Waals surface area contributed by atoms with Crippen LogP contribution in [0.25, 0.3) is 44.4 Å². The van der Waals surface area contributed by atoms with Crippen LogP contribution in [0.3, 0.4) is 0 Å². The van der Waals surface area contributed by atoms with Crippen molar-refractivity contribution in [1.82, 2.24) is 69.2 Å². The van der Waals surface area contributed by atoms with Gasteiger partial charge in [0.05, 0.1) is 34.7 Å². The number of carbonyl (C=O) groups is 1. The average molecular weight is 1260 g/mol. The van der Waals surface area contributed by atoms with Gasteiger partial charge in [-0.2, -0.15) is 0 Å². The molecule has 0 radical (unpaired) electrons. The normalized spacial score (nSPS) is 26.2. The molecular weight excluding hydrogens is 1160 g/mol. The first-order valence-corrected chi connectivity index (χ1v) is 32.0. The van der Waals surface area contributed by atoms with Crippen molar-refractivity contribution in [2.45, 2.75) is 238 Å². The molecular formula is C66H93ClN16O7. The number of benzene rings is 2. The number of H-pyrrole nitrogens is 2. The molecule has 90 heavy (non-hydrogen) atoms. The monoisotopic (exact) mass is 1260 g/mol. The predicted molar refractivity (Wildman–Crippen MR) is 348 cm³/mol. The van der Waals surface area contributed by atoms with E-state index in [1.165, 1.54) is 36.6 Å². The average Bonchev–Trinajstić information content (AvgIpc) is 1.59. The summed E-state index contributed by atoms with van der Waals surface area (Å²) in [4.78, 5) is 55.7. The maximum atomic E-state index is 11.0. The van der Waals surface area contributed by atoms with Gasteiger partial charge in [0, 0.05) is 56.9 Å². The maximum absolute atomic E-state index is 11.0. The molecule has 2 aliphatic carbocycles. The maximum Gasteiger partial charge on any atom is 0.167 e. The van der Waals surface area contributed by atoms with Crippen molar-refractivity contribution in [3.8, 4) is 0 Å². The van der Waals surface area contributed by atoms with E-state index in [0.29, 0.717) is 76.3 Å². The summed E-state index contributed by atoms with van der Waals surface area (Å²) in [6, 6.07) is 14.3. The highest BCUT2D eigenvalue weighted by molar-refractivity contribution is 5.85. The first kappa shape index (κ1) is 65.2. The number of nitrogens with one attached hydrogen (secondary N) is 3. The number of anilines is 2. The minimum absolute atomic E-state index is 0. The van der Waals surface area contributed by atoms with Gasteiger partial charge >= 0.3 is 0 Å². The van der Waals surface area contributed by atoms with E-state index < -0.39 is 17.8 Å². The van der Waals surface area contributed by atoms with E-state index in [2.05, 4.69) is 161 Å². The second-order valence-electron chi connectivity index (χ2n) is 29.0. The molecule has 0 spiro atoms. The number of nitrogens with two attached hydrogens (primary N) is 2. The minimum atomic E-state index is -0.699.